The van der Waals surface area contributed by atoms with E-state index in [2.05, 4.69) is 26.2 Å². The average molecular weight is 421 g/mol. The molecule has 4 atom stereocenters. The number of carboxylic acids is 1. The van der Waals surface area contributed by atoms with Gasteiger partial charge in [-0.15, -0.1) is 11.3 Å². The molecular weight excluding hydrogens is 404 g/mol. The number of carbonyl (C=O) groups is 2. The van der Waals surface area contributed by atoms with Gasteiger partial charge in [0.2, 0.25) is 5.91 Å². The molecule has 2 aliphatic rings. The van der Waals surface area contributed by atoms with Gasteiger partial charge >= 0.3 is 5.97 Å². The predicted octanol–water partition coefficient (Wildman–Crippen LogP) is 4.26. The van der Waals surface area contributed by atoms with E-state index in [0.717, 1.165) is 35.0 Å². The first-order valence-corrected chi connectivity index (χ1v) is 9.95. The Morgan fingerprint density at radius 3 is 2.52 bits per heavy atom. The average Bonchev–Trinajstić information content (AvgIpc) is 3.30. The van der Waals surface area contributed by atoms with Gasteiger partial charge in [-0.1, -0.05) is 28.1 Å². The zero-order valence-electron chi connectivity index (χ0n) is 13.3. The van der Waals surface area contributed by atoms with Gasteiger partial charge < -0.3 is 10.4 Å². The van der Waals surface area contributed by atoms with Gasteiger partial charge in [-0.2, -0.15) is 0 Å². The number of nitrogens with zero attached hydrogens (tertiary/aromatic N) is 1. The summed E-state index contributed by atoms with van der Waals surface area (Å²) in [5.41, 5.74) is 1.78. The van der Waals surface area contributed by atoms with E-state index in [-0.39, 0.29) is 17.7 Å². The maximum Gasteiger partial charge on any atom is 0.307 e. The molecule has 2 aromatic rings. The molecule has 7 heteroatoms. The number of anilines is 1. The summed E-state index contributed by atoms with van der Waals surface area (Å²) in [4.78, 5) is 28.8. The number of rotatable bonds is 4. The molecule has 2 fully saturated rings. The van der Waals surface area contributed by atoms with Gasteiger partial charge in [-0.05, 0) is 43.2 Å². The van der Waals surface area contributed by atoms with Crippen molar-refractivity contribution >= 4 is 44.3 Å². The van der Waals surface area contributed by atoms with Crippen molar-refractivity contribution < 1.29 is 14.7 Å². The van der Waals surface area contributed by atoms with E-state index in [1.54, 1.807) is 0 Å². The van der Waals surface area contributed by atoms with Crippen molar-refractivity contribution in [1.29, 1.82) is 0 Å². The second kappa shape index (κ2) is 6.53. The smallest absolute Gasteiger partial charge is 0.307 e. The summed E-state index contributed by atoms with van der Waals surface area (Å²) in [6.07, 6.45) is 2.74. The molecule has 1 aromatic heterocycles. The van der Waals surface area contributed by atoms with Gasteiger partial charge in [0.15, 0.2) is 5.13 Å². The van der Waals surface area contributed by atoms with Crippen LogP contribution in [0, 0.1) is 23.7 Å². The van der Waals surface area contributed by atoms with Crippen molar-refractivity contribution in [3.05, 3.63) is 34.1 Å². The van der Waals surface area contributed by atoms with E-state index in [9.17, 15) is 14.7 Å². The van der Waals surface area contributed by atoms with E-state index < -0.39 is 17.8 Å². The summed E-state index contributed by atoms with van der Waals surface area (Å²) in [6.45, 7) is 0. The number of thiazole rings is 1. The number of aliphatic carboxylic acids is 1. The fourth-order valence-corrected chi connectivity index (χ4v) is 5.28. The largest absolute Gasteiger partial charge is 0.481 e. The third-order valence-electron chi connectivity index (χ3n) is 5.38. The van der Waals surface area contributed by atoms with Gasteiger partial charge in [0.25, 0.3) is 0 Å². The van der Waals surface area contributed by atoms with Crippen LogP contribution in [-0.2, 0) is 9.59 Å². The number of hydrogen-bond donors (Lipinski definition) is 2. The molecule has 0 aliphatic heterocycles. The Kier molecular flexibility index (Phi) is 4.37. The highest BCUT2D eigenvalue weighted by atomic mass is 79.9. The van der Waals surface area contributed by atoms with E-state index in [1.165, 1.54) is 11.3 Å². The topological polar surface area (TPSA) is 79.3 Å². The van der Waals surface area contributed by atoms with Crippen molar-refractivity contribution in [3.63, 3.8) is 0 Å². The van der Waals surface area contributed by atoms with Crippen LogP contribution in [0.4, 0.5) is 5.13 Å². The lowest BCUT2D eigenvalue weighted by Crippen LogP contribution is -2.37. The molecule has 0 spiro atoms. The Morgan fingerprint density at radius 1 is 1.16 bits per heavy atom. The molecule has 1 heterocycles. The number of aromatic nitrogens is 1. The second-order valence-electron chi connectivity index (χ2n) is 6.76. The van der Waals surface area contributed by atoms with Crippen LogP contribution in [-0.4, -0.2) is 22.0 Å². The van der Waals surface area contributed by atoms with Crippen LogP contribution in [0.25, 0.3) is 11.3 Å². The lowest BCUT2D eigenvalue weighted by atomic mass is 9.79. The maximum absolute atomic E-state index is 12.7. The van der Waals surface area contributed by atoms with E-state index in [1.807, 2.05) is 29.6 Å². The van der Waals surface area contributed by atoms with Crippen LogP contribution in [0.1, 0.15) is 19.3 Å². The quantitative estimate of drug-likeness (QED) is 0.774. The number of hydrogen-bond acceptors (Lipinski definition) is 4. The van der Waals surface area contributed by atoms with Gasteiger partial charge in [0, 0.05) is 15.4 Å². The molecule has 2 aliphatic carbocycles. The molecule has 1 amide bonds. The van der Waals surface area contributed by atoms with Gasteiger partial charge in [0.1, 0.15) is 0 Å². The highest BCUT2D eigenvalue weighted by molar-refractivity contribution is 9.10. The molecule has 5 nitrogen and oxygen atoms in total. The number of fused-ring (bicyclic) bond motifs is 2. The minimum Gasteiger partial charge on any atom is -0.481 e. The molecule has 2 bridgehead atoms. The molecule has 4 rings (SSSR count). The summed E-state index contributed by atoms with van der Waals surface area (Å²) in [7, 11) is 0. The summed E-state index contributed by atoms with van der Waals surface area (Å²) in [5, 5.41) is 14.8. The monoisotopic (exact) mass is 420 g/mol. The zero-order valence-corrected chi connectivity index (χ0v) is 15.7. The Labute approximate surface area is 157 Å². The number of benzene rings is 1. The number of halogens is 1. The molecule has 1 aromatic carbocycles. The third-order valence-corrected chi connectivity index (χ3v) is 6.66. The van der Waals surface area contributed by atoms with Crippen LogP contribution in [0.3, 0.4) is 0 Å². The van der Waals surface area contributed by atoms with Crippen molar-refractivity contribution in [2.24, 2.45) is 23.7 Å². The number of carboxylic acid groups (broad SMARTS) is 1. The summed E-state index contributed by atoms with van der Waals surface area (Å²) in [6, 6.07) is 7.81. The van der Waals surface area contributed by atoms with Crippen LogP contribution in [0.2, 0.25) is 0 Å². The van der Waals surface area contributed by atoms with Crippen molar-refractivity contribution in [2.75, 3.05) is 5.32 Å². The summed E-state index contributed by atoms with van der Waals surface area (Å²) in [5.74, 6) is -1.69. The van der Waals surface area contributed by atoms with Crippen LogP contribution in [0.15, 0.2) is 34.1 Å². The Bertz CT molecular complexity index is 820. The van der Waals surface area contributed by atoms with Gasteiger partial charge in [-0.3, -0.25) is 9.59 Å². The zero-order chi connectivity index (χ0) is 17.6. The normalized spacial score (nSPS) is 27.4. The first-order valence-electron chi connectivity index (χ1n) is 8.28. The lowest BCUT2D eigenvalue weighted by molar-refractivity contribution is -0.148. The van der Waals surface area contributed by atoms with E-state index >= 15 is 0 Å². The van der Waals surface area contributed by atoms with Crippen molar-refractivity contribution in [1.82, 2.24) is 4.98 Å². The van der Waals surface area contributed by atoms with E-state index in [0.29, 0.717) is 5.13 Å². The first kappa shape index (κ1) is 16.7. The molecule has 2 N–H and O–H groups in total. The van der Waals surface area contributed by atoms with Crippen molar-refractivity contribution in [3.8, 4) is 11.3 Å². The fourth-order valence-electron chi connectivity index (χ4n) is 4.30. The minimum absolute atomic E-state index is 0.146. The number of amides is 1. The first-order chi connectivity index (χ1) is 12.0. The molecule has 130 valence electrons. The molecule has 25 heavy (non-hydrogen) atoms. The minimum atomic E-state index is -0.845. The Balaban J connectivity index is 1.50. The summed E-state index contributed by atoms with van der Waals surface area (Å²) < 4.78 is 0.996. The molecule has 0 saturated heterocycles. The molecule has 0 radical (unpaired) electrons. The van der Waals surface area contributed by atoms with E-state index in [4.69, 9.17) is 0 Å². The Morgan fingerprint density at radius 2 is 1.84 bits per heavy atom. The lowest BCUT2D eigenvalue weighted by Gasteiger charge is -2.26. The standard InChI is InChI=1S/C18H17BrN2O3S/c19-12-5-3-9(4-6-12)13-8-25-18(20-13)21-16(22)14-10-1-2-11(7-10)15(14)17(23)24/h3-6,8,10-11,14-15H,1-2,7H2,(H,23,24)(H,20,21,22)/t10-,11+,14+,15-/m0/s1. The highest BCUT2D eigenvalue weighted by Crippen LogP contribution is 2.52. The fraction of sp³-hybridized carbons (Fsp3) is 0.389. The second-order valence-corrected chi connectivity index (χ2v) is 8.53. The van der Waals surface area contributed by atoms with Crippen LogP contribution < -0.4 is 5.32 Å². The number of nitrogens with one attached hydrogen (secondary N) is 1. The Hall–Kier alpha value is -1.73. The van der Waals surface area contributed by atoms with Gasteiger partial charge in [0.05, 0.1) is 17.5 Å². The SMILES string of the molecule is O=C(Nc1nc(-c2ccc(Br)cc2)cs1)[C@@H]1[C@H]2CC[C@H](C2)[C@@H]1C(=O)O. The highest BCUT2D eigenvalue weighted by Gasteiger charge is 2.54. The predicted molar refractivity (Wildman–Crippen MR) is 99.3 cm³/mol. The van der Waals surface area contributed by atoms with Gasteiger partial charge in [-0.25, -0.2) is 4.98 Å². The third kappa shape index (κ3) is 3.11. The molecular formula is C18H17BrN2O3S. The van der Waals surface area contributed by atoms with Crippen LogP contribution >= 0.6 is 27.3 Å². The summed E-state index contributed by atoms with van der Waals surface area (Å²) >= 11 is 4.77. The maximum atomic E-state index is 12.7. The molecule has 2 saturated carbocycles. The van der Waals surface area contributed by atoms with Crippen molar-refractivity contribution in [2.45, 2.75) is 19.3 Å². The molecule has 0 unspecified atom stereocenters. The van der Waals surface area contributed by atoms with Crippen LogP contribution in [0.5, 0.6) is 0 Å². The number of carbonyl (C=O) groups excluding carboxylic acids is 1.